The van der Waals surface area contributed by atoms with Gasteiger partial charge in [0.2, 0.25) is 15.9 Å². The van der Waals surface area contributed by atoms with E-state index in [4.69, 9.17) is 0 Å². The molecule has 1 amide bonds. The van der Waals surface area contributed by atoms with Crippen LogP contribution in [0.1, 0.15) is 36.0 Å². The molecule has 2 aromatic rings. The van der Waals surface area contributed by atoms with Crippen molar-refractivity contribution in [1.82, 2.24) is 5.32 Å². The van der Waals surface area contributed by atoms with Crippen LogP contribution in [-0.2, 0) is 21.4 Å². The molecule has 1 aliphatic rings. The third-order valence-electron chi connectivity index (χ3n) is 5.68. The number of amides is 1. The molecule has 1 saturated heterocycles. The number of carbonyl (C=O) groups excluding carboxylic acids is 1. The largest absolute Gasteiger partial charge is 0.372 e. The van der Waals surface area contributed by atoms with Gasteiger partial charge >= 0.3 is 0 Å². The molecule has 30 heavy (non-hydrogen) atoms. The number of hydrogen-bond donors (Lipinski definition) is 1. The molecule has 0 unspecified atom stereocenters. The van der Waals surface area contributed by atoms with E-state index in [1.54, 1.807) is 12.1 Å². The summed E-state index contributed by atoms with van der Waals surface area (Å²) in [7, 11) is -3.59. The Morgan fingerprint density at radius 3 is 2.33 bits per heavy atom. The van der Waals surface area contributed by atoms with E-state index in [9.17, 15) is 13.2 Å². The molecule has 3 rings (SSSR count). The van der Waals surface area contributed by atoms with Gasteiger partial charge in [-0.2, -0.15) is 0 Å². The molecule has 2 aromatic carbocycles. The average Bonchev–Trinajstić information content (AvgIpc) is 2.73. The number of nitrogens with zero attached hydrogens (tertiary/aromatic N) is 2. The Hall–Kier alpha value is -2.54. The molecule has 7 heteroatoms. The molecule has 6 nitrogen and oxygen atoms in total. The summed E-state index contributed by atoms with van der Waals surface area (Å²) < 4.78 is 25.8. The van der Waals surface area contributed by atoms with Gasteiger partial charge in [0, 0.05) is 25.3 Å². The molecular weight excluding hydrogens is 398 g/mol. The number of hydrogen-bond acceptors (Lipinski definition) is 4. The Balaban J connectivity index is 1.62. The van der Waals surface area contributed by atoms with Gasteiger partial charge in [-0.15, -0.1) is 0 Å². The number of benzene rings is 2. The van der Waals surface area contributed by atoms with Crippen molar-refractivity contribution in [3.63, 3.8) is 0 Å². The van der Waals surface area contributed by atoms with Crippen LogP contribution in [0, 0.1) is 13.8 Å². The highest BCUT2D eigenvalue weighted by Gasteiger charge is 2.22. The first kappa shape index (κ1) is 22.2. The van der Waals surface area contributed by atoms with Crippen molar-refractivity contribution in [2.75, 3.05) is 35.1 Å². The maximum atomic E-state index is 12.5. The fourth-order valence-electron chi connectivity index (χ4n) is 3.75. The highest BCUT2D eigenvalue weighted by atomic mass is 32.2. The predicted octanol–water partition coefficient (Wildman–Crippen LogP) is 3.38. The summed E-state index contributed by atoms with van der Waals surface area (Å²) in [5.74, 6) is -0.332. The minimum absolute atomic E-state index is 0.241. The lowest BCUT2D eigenvalue weighted by molar-refractivity contribution is -0.119. The van der Waals surface area contributed by atoms with E-state index in [1.165, 1.54) is 29.3 Å². The van der Waals surface area contributed by atoms with Gasteiger partial charge in [-0.25, -0.2) is 8.42 Å². The molecule has 1 heterocycles. The Bertz CT molecular complexity index is 981. The summed E-state index contributed by atoms with van der Waals surface area (Å²) in [6.45, 7) is 6.10. The Morgan fingerprint density at radius 1 is 1.03 bits per heavy atom. The average molecular weight is 430 g/mol. The third-order valence-corrected chi connectivity index (χ3v) is 6.81. The lowest BCUT2D eigenvalue weighted by atomic mass is 10.1. The molecule has 1 fully saturated rings. The van der Waals surface area contributed by atoms with Gasteiger partial charge in [0.05, 0.1) is 11.9 Å². The van der Waals surface area contributed by atoms with E-state index in [1.807, 2.05) is 32.0 Å². The first-order valence-electron chi connectivity index (χ1n) is 10.4. The van der Waals surface area contributed by atoms with Crippen LogP contribution in [0.2, 0.25) is 0 Å². The van der Waals surface area contributed by atoms with Gasteiger partial charge in [-0.3, -0.25) is 9.10 Å². The summed E-state index contributed by atoms with van der Waals surface area (Å²) in [5.41, 5.74) is 4.57. The molecule has 0 aromatic heterocycles. The van der Waals surface area contributed by atoms with Gasteiger partial charge in [0.15, 0.2) is 0 Å². The zero-order chi connectivity index (χ0) is 21.7. The van der Waals surface area contributed by atoms with E-state index in [-0.39, 0.29) is 12.5 Å². The quantitative estimate of drug-likeness (QED) is 0.733. The van der Waals surface area contributed by atoms with Crippen LogP contribution in [-0.4, -0.2) is 40.2 Å². The van der Waals surface area contributed by atoms with Crippen LogP contribution >= 0.6 is 0 Å². The van der Waals surface area contributed by atoms with Crippen molar-refractivity contribution in [3.05, 3.63) is 59.2 Å². The number of aryl methyl sites for hydroxylation is 1. The highest BCUT2D eigenvalue weighted by molar-refractivity contribution is 7.92. The lowest BCUT2D eigenvalue weighted by Gasteiger charge is -2.28. The van der Waals surface area contributed by atoms with Gasteiger partial charge in [-0.1, -0.05) is 24.3 Å². The second kappa shape index (κ2) is 9.51. The van der Waals surface area contributed by atoms with E-state index in [2.05, 4.69) is 22.3 Å². The second-order valence-corrected chi connectivity index (χ2v) is 9.89. The van der Waals surface area contributed by atoms with Crippen LogP contribution in [0.25, 0.3) is 0 Å². The normalized spacial score (nSPS) is 14.4. The van der Waals surface area contributed by atoms with Crippen molar-refractivity contribution in [3.8, 4) is 0 Å². The molecule has 1 aliphatic heterocycles. The Morgan fingerprint density at radius 2 is 1.70 bits per heavy atom. The molecule has 0 saturated carbocycles. The van der Waals surface area contributed by atoms with Gasteiger partial charge in [0.1, 0.15) is 6.54 Å². The number of anilines is 2. The summed E-state index contributed by atoms with van der Waals surface area (Å²) in [6, 6.07) is 13.7. The van der Waals surface area contributed by atoms with Crippen molar-refractivity contribution >= 4 is 27.3 Å². The first-order valence-corrected chi connectivity index (χ1v) is 12.2. The Kier molecular flexibility index (Phi) is 7.02. The summed E-state index contributed by atoms with van der Waals surface area (Å²) in [6.07, 6.45) is 4.89. The van der Waals surface area contributed by atoms with Crippen molar-refractivity contribution in [2.45, 2.75) is 39.7 Å². The van der Waals surface area contributed by atoms with Crippen LogP contribution in [0.4, 0.5) is 11.4 Å². The monoisotopic (exact) mass is 429 g/mol. The van der Waals surface area contributed by atoms with Crippen LogP contribution < -0.4 is 14.5 Å². The number of nitrogens with one attached hydrogen (secondary N) is 1. The van der Waals surface area contributed by atoms with Crippen LogP contribution in [0.3, 0.4) is 0 Å². The van der Waals surface area contributed by atoms with Gasteiger partial charge < -0.3 is 10.2 Å². The first-order chi connectivity index (χ1) is 14.3. The van der Waals surface area contributed by atoms with E-state index in [0.29, 0.717) is 12.2 Å². The second-order valence-electron chi connectivity index (χ2n) is 7.98. The summed E-state index contributed by atoms with van der Waals surface area (Å²) >= 11 is 0. The molecule has 0 atom stereocenters. The molecule has 0 aliphatic carbocycles. The maximum absolute atomic E-state index is 12.5. The number of sulfonamides is 1. The van der Waals surface area contributed by atoms with Gasteiger partial charge in [-0.05, 0) is 68.0 Å². The molecule has 0 radical (unpaired) electrons. The van der Waals surface area contributed by atoms with Crippen molar-refractivity contribution in [2.24, 2.45) is 0 Å². The number of carbonyl (C=O) groups is 1. The van der Waals surface area contributed by atoms with Crippen molar-refractivity contribution in [1.29, 1.82) is 0 Å². The van der Waals surface area contributed by atoms with Crippen molar-refractivity contribution < 1.29 is 13.2 Å². The lowest BCUT2D eigenvalue weighted by Crippen LogP contribution is -2.40. The minimum Gasteiger partial charge on any atom is -0.372 e. The zero-order valence-electron chi connectivity index (χ0n) is 18.0. The summed E-state index contributed by atoms with van der Waals surface area (Å²) in [5, 5.41) is 2.85. The molecule has 0 spiro atoms. The maximum Gasteiger partial charge on any atom is 0.241 e. The van der Waals surface area contributed by atoms with Crippen LogP contribution in [0.5, 0.6) is 0 Å². The van der Waals surface area contributed by atoms with Crippen LogP contribution in [0.15, 0.2) is 42.5 Å². The fraction of sp³-hybridized carbons (Fsp3) is 0.435. The number of rotatable bonds is 7. The molecule has 0 bridgehead atoms. The standard InChI is InChI=1S/C23H31N3O3S/c1-18-8-7-9-22(19(18)2)26(30(3,28)29)17-23(27)24-16-20-10-12-21(13-11-20)25-14-5-4-6-15-25/h7-13H,4-6,14-17H2,1-3H3,(H,24,27). The third kappa shape index (κ3) is 5.53. The molecule has 1 N–H and O–H groups in total. The highest BCUT2D eigenvalue weighted by Crippen LogP contribution is 2.25. The SMILES string of the molecule is Cc1cccc(N(CC(=O)NCc2ccc(N3CCCCC3)cc2)S(C)(=O)=O)c1C. The number of piperidine rings is 1. The topological polar surface area (TPSA) is 69.7 Å². The fourth-order valence-corrected chi connectivity index (χ4v) is 4.66. The Labute approximate surface area is 179 Å². The van der Waals surface area contributed by atoms with E-state index >= 15 is 0 Å². The predicted molar refractivity (Wildman–Crippen MR) is 122 cm³/mol. The van der Waals surface area contributed by atoms with E-state index < -0.39 is 10.0 Å². The smallest absolute Gasteiger partial charge is 0.241 e. The molecular formula is C23H31N3O3S. The van der Waals surface area contributed by atoms with E-state index in [0.717, 1.165) is 36.0 Å². The zero-order valence-corrected chi connectivity index (χ0v) is 18.8. The molecule has 162 valence electrons. The summed E-state index contributed by atoms with van der Waals surface area (Å²) in [4.78, 5) is 14.9. The van der Waals surface area contributed by atoms with Gasteiger partial charge in [0.25, 0.3) is 0 Å². The minimum atomic E-state index is -3.59.